The molecule has 0 aromatic heterocycles. The van der Waals surface area contributed by atoms with E-state index < -0.39 is 0 Å². The van der Waals surface area contributed by atoms with Crippen LogP contribution in [-0.2, 0) is 0 Å². The summed E-state index contributed by atoms with van der Waals surface area (Å²) in [5.41, 5.74) is 5.52. The standard InChI is InChI=1S/C11H22N4O/c12-3-6-13-7-9-15(10-8-13)11(16)14-4-1-2-5-14/h1-10,12H2. The van der Waals surface area contributed by atoms with Gasteiger partial charge in [-0.25, -0.2) is 4.79 Å². The fourth-order valence-corrected chi connectivity index (χ4v) is 2.45. The molecule has 5 heteroatoms. The van der Waals surface area contributed by atoms with Crippen molar-refractivity contribution in [2.45, 2.75) is 12.8 Å². The van der Waals surface area contributed by atoms with E-state index in [0.29, 0.717) is 6.54 Å². The quantitative estimate of drug-likeness (QED) is 0.708. The Kier molecular flexibility index (Phi) is 4.01. The smallest absolute Gasteiger partial charge is 0.320 e. The molecule has 0 atom stereocenters. The molecule has 92 valence electrons. The largest absolute Gasteiger partial charge is 0.329 e. The van der Waals surface area contributed by atoms with Crippen molar-refractivity contribution in [2.75, 3.05) is 52.4 Å². The third-order valence-corrected chi connectivity index (χ3v) is 3.46. The molecule has 0 aromatic carbocycles. The maximum atomic E-state index is 12.1. The van der Waals surface area contributed by atoms with Crippen LogP contribution in [0.4, 0.5) is 4.79 Å². The minimum absolute atomic E-state index is 0.241. The van der Waals surface area contributed by atoms with E-state index in [-0.39, 0.29) is 6.03 Å². The second-order valence-electron chi connectivity index (χ2n) is 4.59. The fraction of sp³-hybridized carbons (Fsp3) is 0.909. The first-order valence-corrected chi connectivity index (χ1v) is 6.27. The van der Waals surface area contributed by atoms with Crippen LogP contribution in [0.25, 0.3) is 0 Å². The molecule has 2 rings (SSSR count). The van der Waals surface area contributed by atoms with Crippen molar-refractivity contribution < 1.29 is 4.79 Å². The minimum atomic E-state index is 0.241. The highest BCUT2D eigenvalue weighted by molar-refractivity contribution is 5.74. The van der Waals surface area contributed by atoms with Crippen molar-refractivity contribution >= 4 is 6.03 Å². The SMILES string of the molecule is NCCN1CCN(C(=O)N2CCCC2)CC1. The van der Waals surface area contributed by atoms with Crippen LogP contribution in [0.1, 0.15) is 12.8 Å². The molecule has 0 radical (unpaired) electrons. The number of piperazine rings is 1. The lowest BCUT2D eigenvalue weighted by Gasteiger charge is -2.36. The molecule has 2 N–H and O–H groups in total. The average Bonchev–Trinajstić information content (AvgIpc) is 2.83. The van der Waals surface area contributed by atoms with Crippen LogP contribution in [0.15, 0.2) is 0 Å². The van der Waals surface area contributed by atoms with Crippen LogP contribution in [0.2, 0.25) is 0 Å². The number of likely N-dealkylation sites (tertiary alicyclic amines) is 1. The lowest BCUT2D eigenvalue weighted by atomic mass is 10.3. The maximum Gasteiger partial charge on any atom is 0.320 e. The van der Waals surface area contributed by atoms with Gasteiger partial charge in [-0.05, 0) is 12.8 Å². The number of nitrogens with zero attached hydrogens (tertiary/aromatic N) is 3. The molecule has 2 fully saturated rings. The Morgan fingerprint density at radius 2 is 1.50 bits per heavy atom. The number of rotatable bonds is 2. The highest BCUT2D eigenvalue weighted by Gasteiger charge is 2.26. The summed E-state index contributed by atoms with van der Waals surface area (Å²) in [5.74, 6) is 0. The number of carbonyl (C=O) groups is 1. The van der Waals surface area contributed by atoms with Crippen molar-refractivity contribution in [2.24, 2.45) is 5.73 Å². The van der Waals surface area contributed by atoms with Crippen LogP contribution >= 0.6 is 0 Å². The first-order chi connectivity index (χ1) is 7.81. The fourth-order valence-electron chi connectivity index (χ4n) is 2.45. The zero-order chi connectivity index (χ0) is 11.4. The van der Waals surface area contributed by atoms with Crippen molar-refractivity contribution in [3.05, 3.63) is 0 Å². The number of hydrogen-bond donors (Lipinski definition) is 1. The molecule has 0 saturated carbocycles. The van der Waals surface area contributed by atoms with Gasteiger partial charge in [0.1, 0.15) is 0 Å². The van der Waals surface area contributed by atoms with Gasteiger partial charge in [-0.15, -0.1) is 0 Å². The van der Waals surface area contributed by atoms with Gasteiger partial charge in [-0.2, -0.15) is 0 Å². The summed E-state index contributed by atoms with van der Waals surface area (Å²) < 4.78 is 0. The molecule has 2 aliphatic heterocycles. The van der Waals surface area contributed by atoms with Crippen LogP contribution < -0.4 is 5.73 Å². The van der Waals surface area contributed by atoms with E-state index in [1.165, 1.54) is 12.8 Å². The summed E-state index contributed by atoms with van der Waals surface area (Å²) in [6, 6.07) is 0.241. The lowest BCUT2D eigenvalue weighted by molar-refractivity contribution is 0.119. The number of urea groups is 1. The van der Waals surface area contributed by atoms with Gasteiger partial charge in [0.05, 0.1) is 0 Å². The van der Waals surface area contributed by atoms with Crippen molar-refractivity contribution in [1.82, 2.24) is 14.7 Å². The summed E-state index contributed by atoms with van der Waals surface area (Å²) in [6.45, 7) is 7.20. The Balaban J connectivity index is 1.77. The third-order valence-electron chi connectivity index (χ3n) is 3.46. The van der Waals surface area contributed by atoms with Crippen molar-refractivity contribution in [1.29, 1.82) is 0 Å². The van der Waals surface area contributed by atoms with Crippen LogP contribution in [0.5, 0.6) is 0 Å². The van der Waals surface area contributed by atoms with E-state index in [1.54, 1.807) is 0 Å². The highest BCUT2D eigenvalue weighted by Crippen LogP contribution is 2.12. The van der Waals surface area contributed by atoms with E-state index in [4.69, 9.17) is 5.73 Å². The Morgan fingerprint density at radius 1 is 0.938 bits per heavy atom. The summed E-state index contributed by atoms with van der Waals surface area (Å²) >= 11 is 0. The average molecular weight is 226 g/mol. The molecular weight excluding hydrogens is 204 g/mol. The van der Waals surface area contributed by atoms with Crippen LogP contribution in [0.3, 0.4) is 0 Å². The highest BCUT2D eigenvalue weighted by atomic mass is 16.2. The lowest BCUT2D eigenvalue weighted by Crippen LogP contribution is -2.53. The van der Waals surface area contributed by atoms with E-state index >= 15 is 0 Å². The van der Waals surface area contributed by atoms with Gasteiger partial charge in [0, 0.05) is 52.4 Å². The normalized spacial score (nSPS) is 22.8. The molecule has 2 saturated heterocycles. The Bertz CT molecular complexity index is 232. The predicted octanol–water partition coefficient (Wildman–Crippen LogP) is -0.221. The van der Waals surface area contributed by atoms with Gasteiger partial charge in [0.15, 0.2) is 0 Å². The molecule has 0 aliphatic carbocycles. The predicted molar refractivity (Wildman–Crippen MR) is 63.3 cm³/mol. The zero-order valence-electron chi connectivity index (χ0n) is 9.90. The molecule has 2 heterocycles. The molecule has 0 aromatic rings. The summed E-state index contributed by atoms with van der Waals surface area (Å²) in [7, 11) is 0. The van der Waals surface area contributed by atoms with Crippen molar-refractivity contribution in [3.8, 4) is 0 Å². The Hall–Kier alpha value is -0.810. The summed E-state index contributed by atoms with van der Waals surface area (Å²) in [4.78, 5) is 18.4. The molecule has 0 spiro atoms. The van der Waals surface area contributed by atoms with Crippen molar-refractivity contribution in [3.63, 3.8) is 0 Å². The minimum Gasteiger partial charge on any atom is -0.329 e. The molecular formula is C11H22N4O. The van der Waals surface area contributed by atoms with E-state index in [2.05, 4.69) is 4.90 Å². The topological polar surface area (TPSA) is 52.8 Å². The Labute approximate surface area is 97.2 Å². The molecule has 2 amide bonds. The van der Waals surface area contributed by atoms with Gasteiger partial charge in [0.2, 0.25) is 0 Å². The maximum absolute atomic E-state index is 12.1. The van der Waals surface area contributed by atoms with E-state index in [9.17, 15) is 4.79 Å². The van der Waals surface area contributed by atoms with E-state index in [1.807, 2.05) is 9.80 Å². The second kappa shape index (κ2) is 5.50. The first-order valence-electron chi connectivity index (χ1n) is 6.27. The molecule has 0 unspecified atom stereocenters. The number of nitrogens with two attached hydrogens (primary N) is 1. The molecule has 16 heavy (non-hydrogen) atoms. The Morgan fingerprint density at radius 3 is 2.06 bits per heavy atom. The van der Waals surface area contributed by atoms with Gasteiger partial charge < -0.3 is 15.5 Å². The molecule has 5 nitrogen and oxygen atoms in total. The summed E-state index contributed by atoms with van der Waals surface area (Å²) in [5, 5.41) is 0. The van der Waals surface area contributed by atoms with Crippen LogP contribution in [-0.4, -0.2) is 73.1 Å². The van der Waals surface area contributed by atoms with Gasteiger partial charge in [-0.1, -0.05) is 0 Å². The molecule has 0 bridgehead atoms. The second-order valence-corrected chi connectivity index (χ2v) is 4.59. The van der Waals surface area contributed by atoms with E-state index in [0.717, 1.165) is 45.8 Å². The van der Waals surface area contributed by atoms with Gasteiger partial charge in [0.25, 0.3) is 0 Å². The zero-order valence-corrected chi connectivity index (χ0v) is 9.90. The third kappa shape index (κ3) is 2.65. The van der Waals surface area contributed by atoms with Gasteiger partial charge >= 0.3 is 6.03 Å². The summed E-state index contributed by atoms with van der Waals surface area (Å²) in [6.07, 6.45) is 2.33. The van der Waals surface area contributed by atoms with Gasteiger partial charge in [-0.3, -0.25) is 4.90 Å². The molecule has 2 aliphatic rings. The van der Waals surface area contributed by atoms with Crippen LogP contribution in [0, 0.1) is 0 Å². The number of carbonyl (C=O) groups excluding carboxylic acids is 1. The number of hydrogen-bond acceptors (Lipinski definition) is 3. The first kappa shape index (κ1) is 11.7. The number of amides is 2. The monoisotopic (exact) mass is 226 g/mol.